The van der Waals surface area contributed by atoms with Crippen molar-refractivity contribution in [3.8, 4) is 11.4 Å². The van der Waals surface area contributed by atoms with Gasteiger partial charge >= 0.3 is 0 Å². The van der Waals surface area contributed by atoms with Gasteiger partial charge in [-0.25, -0.2) is 9.97 Å². The van der Waals surface area contributed by atoms with Crippen LogP contribution in [0.4, 0.5) is 5.82 Å². The van der Waals surface area contributed by atoms with E-state index in [9.17, 15) is 0 Å². The van der Waals surface area contributed by atoms with E-state index in [2.05, 4.69) is 30.7 Å². The summed E-state index contributed by atoms with van der Waals surface area (Å²) in [6, 6.07) is 3.83. The van der Waals surface area contributed by atoms with Crippen molar-refractivity contribution in [1.29, 1.82) is 0 Å². The molecule has 0 radical (unpaired) electrons. The van der Waals surface area contributed by atoms with Gasteiger partial charge in [0.1, 0.15) is 11.9 Å². The maximum absolute atomic E-state index is 5.59. The van der Waals surface area contributed by atoms with Crippen molar-refractivity contribution < 1.29 is 9.26 Å². The quantitative estimate of drug-likeness (QED) is 0.701. The highest BCUT2D eigenvalue weighted by molar-refractivity contribution is 5.59. The fraction of sp³-hybridized carbons (Fsp3) is 0.389. The second-order valence-electron chi connectivity index (χ2n) is 6.57. The minimum absolute atomic E-state index is 0.0732. The third-order valence-corrected chi connectivity index (χ3v) is 4.71. The van der Waals surface area contributed by atoms with Gasteiger partial charge in [0.2, 0.25) is 0 Å². The van der Waals surface area contributed by atoms with E-state index in [1.165, 1.54) is 0 Å². The molecule has 9 heteroatoms. The minimum Gasteiger partial charge on any atom is -0.368 e. The summed E-state index contributed by atoms with van der Waals surface area (Å²) in [7, 11) is 0. The maximum atomic E-state index is 5.59. The smallest absolute Gasteiger partial charge is 0.255 e. The fourth-order valence-corrected chi connectivity index (χ4v) is 3.34. The van der Waals surface area contributed by atoms with Crippen molar-refractivity contribution in [2.24, 2.45) is 0 Å². The first-order valence-corrected chi connectivity index (χ1v) is 9.05. The maximum Gasteiger partial charge on any atom is 0.255 e. The van der Waals surface area contributed by atoms with Crippen molar-refractivity contribution >= 4 is 5.82 Å². The first kappa shape index (κ1) is 16.3. The molecule has 3 aromatic rings. The van der Waals surface area contributed by atoms with Crippen molar-refractivity contribution in [2.75, 3.05) is 11.9 Å². The van der Waals surface area contributed by atoms with Crippen molar-refractivity contribution in [2.45, 2.75) is 38.6 Å². The topological polar surface area (TPSA) is 111 Å². The molecule has 5 rings (SSSR count). The number of hydrogen-bond acceptors (Lipinski definition) is 9. The molecule has 1 saturated heterocycles. The van der Waals surface area contributed by atoms with Crippen LogP contribution >= 0.6 is 0 Å². The molecule has 138 valence electrons. The molecule has 0 unspecified atom stereocenters. The summed E-state index contributed by atoms with van der Waals surface area (Å²) in [4.78, 5) is 18.0. The van der Waals surface area contributed by atoms with Crippen LogP contribution in [0.15, 0.2) is 29.0 Å². The van der Waals surface area contributed by atoms with Gasteiger partial charge in [0.25, 0.3) is 5.89 Å². The molecule has 0 aliphatic carbocycles. The Labute approximate surface area is 155 Å². The predicted molar refractivity (Wildman–Crippen MR) is 95.4 cm³/mol. The molecule has 3 aromatic heterocycles. The Morgan fingerprint density at radius 2 is 2.22 bits per heavy atom. The highest BCUT2D eigenvalue weighted by Gasteiger charge is 2.24. The zero-order chi connectivity index (χ0) is 18.1. The Morgan fingerprint density at radius 1 is 1.22 bits per heavy atom. The molecule has 2 aliphatic heterocycles. The number of rotatable bonds is 5. The first-order chi connectivity index (χ1) is 13.4. The van der Waals surface area contributed by atoms with Crippen LogP contribution in [0.2, 0.25) is 0 Å². The molecule has 2 aliphatic rings. The molecule has 27 heavy (non-hydrogen) atoms. The number of anilines is 1. The number of ether oxygens (including phenoxy) is 1. The molecule has 9 nitrogen and oxygen atoms in total. The molecule has 0 bridgehead atoms. The molecule has 1 fully saturated rings. The number of nitrogens with zero attached hydrogens (tertiary/aromatic N) is 5. The van der Waals surface area contributed by atoms with E-state index >= 15 is 0 Å². The number of aromatic nitrogens is 5. The Bertz CT molecular complexity index is 938. The number of nitrogens with one attached hydrogen (secondary N) is 2. The fourth-order valence-electron chi connectivity index (χ4n) is 3.34. The van der Waals surface area contributed by atoms with Gasteiger partial charge in [-0.2, -0.15) is 4.98 Å². The predicted octanol–water partition coefficient (Wildman–Crippen LogP) is 1.99. The summed E-state index contributed by atoms with van der Waals surface area (Å²) < 4.78 is 10.9. The summed E-state index contributed by atoms with van der Waals surface area (Å²) in [5.41, 5.74) is 2.96. The monoisotopic (exact) mass is 365 g/mol. The summed E-state index contributed by atoms with van der Waals surface area (Å²) >= 11 is 0. The zero-order valence-electron chi connectivity index (χ0n) is 14.7. The lowest BCUT2D eigenvalue weighted by atomic mass is 10.2. The van der Waals surface area contributed by atoms with Crippen LogP contribution in [-0.2, 0) is 24.4 Å². The van der Waals surface area contributed by atoms with Gasteiger partial charge in [0.15, 0.2) is 11.6 Å². The molecular weight excluding hydrogens is 346 g/mol. The van der Waals surface area contributed by atoms with Gasteiger partial charge in [-0.1, -0.05) is 5.16 Å². The van der Waals surface area contributed by atoms with Crippen LogP contribution in [0.1, 0.15) is 41.9 Å². The van der Waals surface area contributed by atoms with Crippen LogP contribution in [0.3, 0.4) is 0 Å². The average molecular weight is 365 g/mol. The highest BCUT2D eigenvalue weighted by atomic mass is 16.5. The number of hydrogen-bond donors (Lipinski definition) is 2. The third kappa shape index (κ3) is 3.26. The Morgan fingerprint density at radius 3 is 3.07 bits per heavy atom. The third-order valence-electron chi connectivity index (χ3n) is 4.71. The van der Waals surface area contributed by atoms with Crippen molar-refractivity contribution in [3.05, 3.63) is 47.5 Å². The molecule has 2 N–H and O–H groups in total. The van der Waals surface area contributed by atoms with E-state index in [0.29, 0.717) is 24.1 Å². The number of pyridine rings is 1. The van der Waals surface area contributed by atoms with E-state index in [4.69, 9.17) is 14.2 Å². The normalized spacial score (nSPS) is 18.6. The SMILES string of the molecule is c1cncc(-c2nc3c(c(NCc4noc([C@H]5CCCO5)n4)n2)CNC3)c1. The molecule has 1 atom stereocenters. The Hall–Kier alpha value is -2.91. The number of fused-ring (bicyclic) bond motifs is 1. The van der Waals surface area contributed by atoms with Crippen LogP contribution in [0, 0.1) is 0 Å². The van der Waals surface area contributed by atoms with E-state index in [1.54, 1.807) is 12.4 Å². The lowest BCUT2D eigenvalue weighted by Crippen LogP contribution is -2.09. The summed E-state index contributed by atoms with van der Waals surface area (Å²) in [6.45, 7) is 2.63. The zero-order valence-corrected chi connectivity index (χ0v) is 14.7. The van der Waals surface area contributed by atoms with Gasteiger partial charge in [0.05, 0.1) is 12.2 Å². The van der Waals surface area contributed by atoms with Gasteiger partial charge in [0, 0.05) is 43.2 Å². The van der Waals surface area contributed by atoms with E-state index < -0.39 is 0 Å². The second kappa shape index (κ2) is 7.01. The first-order valence-electron chi connectivity index (χ1n) is 9.05. The second-order valence-corrected chi connectivity index (χ2v) is 6.57. The van der Waals surface area contributed by atoms with Crippen LogP contribution in [0.5, 0.6) is 0 Å². The Balaban J connectivity index is 1.37. The summed E-state index contributed by atoms with van der Waals surface area (Å²) in [6.07, 6.45) is 5.38. The molecule has 5 heterocycles. The standard InChI is InChI=1S/C18H19N7O2/c1-3-11(7-19-5-1)16-22-13-9-20-8-12(13)17(24-16)21-10-15-23-18(27-25-15)14-4-2-6-26-14/h1,3,5,7,14,20H,2,4,6,8-10H2,(H,21,22,24)/t14-/m1/s1. The van der Waals surface area contributed by atoms with Crippen molar-refractivity contribution in [1.82, 2.24) is 30.4 Å². The molecule has 0 spiro atoms. The lowest BCUT2D eigenvalue weighted by Gasteiger charge is -2.10. The van der Waals surface area contributed by atoms with Gasteiger partial charge in [-0.3, -0.25) is 4.98 Å². The average Bonchev–Trinajstić information content (AvgIpc) is 3.47. The highest BCUT2D eigenvalue weighted by Crippen LogP contribution is 2.28. The molecule has 0 aromatic carbocycles. The van der Waals surface area contributed by atoms with Gasteiger partial charge in [-0.05, 0) is 25.0 Å². The van der Waals surface area contributed by atoms with Crippen molar-refractivity contribution in [3.63, 3.8) is 0 Å². The van der Waals surface area contributed by atoms with E-state index in [0.717, 1.165) is 55.2 Å². The summed E-state index contributed by atoms with van der Waals surface area (Å²) in [5.74, 6) is 2.57. The van der Waals surface area contributed by atoms with Crippen LogP contribution < -0.4 is 10.6 Å². The summed E-state index contributed by atoms with van der Waals surface area (Å²) in [5, 5.41) is 10.7. The van der Waals surface area contributed by atoms with Crippen LogP contribution in [-0.4, -0.2) is 31.7 Å². The van der Waals surface area contributed by atoms with E-state index in [-0.39, 0.29) is 6.10 Å². The van der Waals surface area contributed by atoms with Gasteiger partial charge < -0.3 is 19.9 Å². The molecule has 0 amide bonds. The molecule has 0 saturated carbocycles. The minimum atomic E-state index is -0.0732. The largest absolute Gasteiger partial charge is 0.368 e. The van der Waals surface area contributed by atoms with Gasteiger partial charge in [-0.15, -0.1) is 0 Å². The Kier molecular flexibility index (Phi) is 4.23. The lowest BCUT2D eigenvalue weighted by molar-refractivity contribution is 0.0835. The van der Waals surface area contributed by atoms with E-state index in [1.807, 2.05) is 12.1 Å². The van der Waals surface area contributed by atoms with Crippen LogP contribution in [0.25, 0.3) is 11.4 Å². The molecular formula is C18H19N7O2.